The molecule has 14 heavy (non-hydrogen) atoms. The first kappa shape index (κ1) is 9.26. The number of rotatable bonds is 2. The van der Waals surface area contributed by atoms with Crippen LogP contribution in [0.25, 0.3) is 0 Å². The van der Waals surface area contributed by atoms with E-state index in [2.05, 4.69) is 0 Å². The van der Waals surface area contributed by atoms with Crippen LogP contribution in [0.4, 0.5) is 0 Å². The van der Waals surface area contributed by atoms with Crippen molar-refractivity contribution in [1.29, 1.82) is 5.26 Å². The molecule has 0 saturated heterocycles. The molecular weight excluding hydrogens is 177 g/mol. The quantitative estimate of drug-likeness (QED) is 0.646. The van der Waals surface area contributed by atoms with Gasteiger partial charge in [-0.3, -0.25) is 0 Å². The summed E-state index contributed by atoms with van der Waals surface area (Å²) in [6.07, 6.45) is 2.19. The maximum Gasteiger partial charge on any atom is 0.489 e. The molecule has 1 aliphatic carbocycles. The summed E-state index contributed by atoms with van der Waals surface area (Å²) >= 11 is 0. The van der Waals surface area contributed by atoms with Gasteiger partial charge in [-0.15, -0.1) is 0 Å². The highest BCUT2D eigenvalue weighted by molar-refractivity contribution is 6.59. The summed E-state index contributed by atoms with van der Waals surface area (Å²) in [6.45, 7) is 0. The Bertz CT molecular complexity index is 373. The number of benzene rings is 1. The van der Waals surface area contributed by atoms with Crippen molar-refractivity contribution in [3.05, 3.63) is 29.3 Å². The van der Waals surface area contributed by atoms with Crippen molar-refractivity contribution in [2.45, 2.75) is 18.8 Å². The van der Waals surface area contributed by atoms with Gasteiger partial charge in [0.1, 0.15) is 0 Å². The first-order valence-corrected chi connectivity index (χ1v) is 4.63. The average molecular weight is 187 g/mol. The largest absolute Gasteiger partial charge is 0.489 e. The fourth-order valence-electron chi connectivity index (χ4n) is 1.67. The van der Waals surface area contributed by atoms with E-state index in [1.807, 2.05) is 12.1 Å². The van der Waals surface area contributed by atoms with E-state index >= 15 is 0 Å². The van der Waals surface area contributed by atoms with Crippen LogP contribution in [0.1, 0.15) is 29.9 Å². The molecule has 1 aromatic carbocycles. The lowest BCUT2D eigenvalue weighted by molar-refractivity contribution is 0.425. The van der Waals surface area contributed by atoms with Crippen molar-refractivity contribution in [3.63, 3.8) is 0 Å². The highest BCUT2D eigenvalue weighted by Crippen LogP contribution is 2.41. The molecule has 1 aliphatic rings. The van der Waals surface area contributed by atoms with Gasteiger partial charge in [0.2, 0.25) is 0 Å². The normalized spacial score (nSPS) is 14.9. The molecule has 3 nitrogen and oxygen atoms in total. The van der Waals surface area contributed by atoms with E-state index in [-0.39, 0.29) is 0 Å². The molecule has 2 rings (SSSR count). The molecule has 0 atom stereocenters. The fourth-order valence-corrected chi connectivity index (χ4v) is 1.67. The lowest BCUT2D eigenvalue weighted by Gasteiger charge is -2.07. The Morgan fingerprint density at radius 2 is 2.07 bits per heavy atom. The summed E-state index contributed by atoms with van der Waals surface area (Å²) in [5.41, 5.74) is 1.71. The summed E-state index contributed by atoms with van der Waals surface area (Å²) in [5.74, 6) is 0.448. The predicted octanol–water partition coefficient (Wildman–Crippen LogP) is 0.115. The van der Waals surface area contributed by atoms with E-state index in [1.54, 1.807) is 12.1 Å². The first-order valence-electron chi connectivity index (χ1n) is 4.63. The molecule has 0 aromatic heterocycles. The topological polar surface area (TPSA) is 64.2 Å². The summed E-state index contributed by atoms with van der Waals surface area (Å²) in [4.78, 5) is 0. The highest BCUT2D eigenvalue weighted by atomic mass is 16.4. The van der Waals surface area contributed by atoms with E-state index in [0.717, 1.165) is 18.4 Å². The number of nitrogens with zero attached hydrogens (tertiary/aromatic N) is 1. The average Bonchev–Trinajstić information content (AvgIpc) is 2.99. The van der Waals surface area contributed by atoms with Crippen molar-refractivity contribution >= 4 is 12.6 Å². The molecule has 1 fully saturated rings. The molecule has 1 saturated carbocycles. The van der Waals surface area contributed by atoms with Gasteiger partial charge in [-0.2, -0.15) is 5.26 Å². The molecular formula is C10H10BNO2. The number of hydrogen-bond donors (Lipinski definition) is 2. The van der Waals surface area contributed by atoms with Gasteiger partial charge in [0, 0.05) is 5.46 Å². The van der Waals surface area contributed by atoms with E-state index in [9.17, 15) is 0 Å². The third kappa shape index (κ3) is 1.52. The second-order valence-electron chi connectivity index (χ2n) is 3.57. The Kier molecular flexibility index (Phi) is 2.28. The van der Waals surface area contributed by atoms with Crippen molar-refractivity contribution in [2.24, 2.45) is 0 Å². The summed E-state index contributed by atoms with van der Waals surface area (Å²) in [5, 5.41) is 27.1. The second kappa shape index (κ2) is 3.45. The number of hydrogen-bond acceptors (Lipinski definition) is 3. The molecule has 4 heteroatoms. The summed E-state index contributed by atoms with van der Waals surface area (Å²) in [7, 11) is -1.55. The smallest absolute Gasteiger partial charge is 0.423 e. The SMILES string of the molecule is N#Cc1c(B(O)O)cccc1C1CC1. The van der Waals surface area contributed by atoms with Gasteiger partial charge in [0.25, 0.3) is 0 Å². The fraction of sp³-hybridized carbons (Fsp3) is 0.300. The Morgan fingerprint density at radius 3 is 2.57 bits per heavy atom. The van der Waals surface area contributed by atoms with Gasteiger partial charge >= 0.3 is 7.12 Å². The Morgan fingerprint density at radius 1 is 1.36 bits per heavy atom. The minimum Gasteiger partial charge on any atom is -0.423 e. The Balaban J connectivity index is 2.51. The van der Waals surface area contributed by atoms with E-state index < -0.39 is 7.12 Å². The number of nitriles is 1. The van der Waals surface area contributed by atoms with Crippen LogP contribution in [0.5, 0.6) is 0 Å². The first-order chi connectivity index (χ1) is 6.74. The van der Waals surface area contributed by atoms with E-state index in [1.165, 1.54) is 0 Å². The lowest BCUT2D eigenvalue weighted by Crippen LogP contribution is -2.32. The predicted molar refractivity (Wildman–Crippen MR) is 53.0 cm³/mol. The van der Waals surface area contributed by atoms with E-state index in [4.69, 9.17) is 15.3 Å². The second-order valence-corrected chi connectivity index (χ2v) is 3.57. The zero-order valence-corrected chi connectivity index (χ0v) is 7.64. The van der Waals surface area contributed by atoms with Crippen LogP contribution >= 0.6 is 0 Å². The van der Waals surface area contributed by atoms with Crippen molar-refractivity contribution in [2.75, 3.05) is 0 Å². The van der Waals surface area contributed by atoms with Crippen LogP contribution in [0.3, 0.4) is 0 Å². The minimum atomic E-state index is -1.55. The molecule has 0 radical (unpaired) electrons. The lowest BCUT2D eigenvalue weighted by atomic mass is 9.75. The van der Waals surface area contributed by atoms with Crippen LogP contribution in [0.15, 0.2) is 18.2 Å². The van der Waals surface area contributed by atoms with Gasteiger partial charge in [-0.05, 0) is 24.3 Å². The van der Waals surface area contributed by atoms with Crippen LogP contribution in [-0.4, -0.2) is 17.2 Å². The molecule has 0 aliphatic heterocycles. The van der Waals surface area contributed by atoms with Crippen molar-refractivity contribution < 1.29 is 10.0 Å². The Labute approximate surface area is 82.8 Å². The van der Waals surface area contributed by atoms with Gasteiger partial charge in [-0.25, -0.2) is 0 Å². The maximum atomic E-state index is 9.07. The van der Waals surface area contributed by atoms with E-state index in [0.29, 0.717) is 16.9 Å². The van der Waals surface area contributed by atoms with Crippen LogP contribution in [-0.2, 0) is 0 Å². The molecule has 0 unspecified atom stereocenters. The molecule has 0 heterocycles. The molecule has 0 amide bonds. The van der Waals surface area contributed by atoms with Crippen LogP contribution < -0.4 is 5.46 Å². The van der Waals surface area contributed by atoms with Gasteiger partial charge in [-0.1, -0.05) is 18.2 Å². The van der Waals surface area contributed by atoms with Crippen LogP contribution in [0.2, 0.25) is 0 Å². The van der Waals surface area contributed by atoms with Gasteiger partial charge < -0.3 is 10.0 Å². The molecule has 0 spiro atoms. The van der Waals surface area contributed by atoms with Crippen molar-refractivity contribution in [1.82, 2.24) is 0 Å². The standard InChI is InChI=1S/C10H10BNO2/c12-6-9-8(7-4-5-7)2-1-3-10(9)11(13)14/h1-3,7,13-14H,4-5H2. The minimum absolute atomic E-state index is 0.317. The van der Waals surface area contributed by atoms with Gasteiger partial charge in [0.05, 0.1) is 11.6 Å². The summed E-state index contributed by atoms with van der Waals surface area (Å²) < 4.78 is 0. The molecule has 2 N–H and O–H groups in total. The molecule has 1 aromatic rings. The third-order valence-corrected chi connectivity index (χ3v) is 2.54. The van der Waals surface area contributed by atoms with Gasteiger partial charge in [0.15, 0.2) is 0 Å². The summed E-state index contributed by atoms with van der Waals surface area (Å²) in [6, 6.07) is 7.28. The Hall–Kier alpha value is -1.31. The molecule has 70 valence electrons. The highest BCUT2D eigenvalue weighted by Gasteiger charge is 2.28. The zero-order valence-electron chi connectivity index (χ0n) is 7.64. The third-order valence-electron chi connectivity index (χ3n) is 2.54. The monoisotopic (exact) mass is 187 g/mol. The maximum absolute atomic E-state index is 9.07. The molecule has 0 bridgehead atoms. The van der Waals surface area contributed by atoms with Crippen LogP contribution in [0, 0.1) is 11.3 Å². The van der Waals surface area contributed by atoms with Crippen molar-refractivity contribution in [3.8, 4) is 6.07 Å². The zero-order chi connectivity index (χ0) is 10.1.